The van der Waals surface area contributed by atoms with Crippen LogP contribution in [-0.2, 0) is 9.59 Å². The number of carboxylic acids is 1. The molecule has 13 heavy (non-hydrogen) atoms. The molecule has 0 radical (unpaired) electrons. The Labute approximate surface area is 88.2 Å². The molecule has 2 N–H and O–H groups in total. The van der Waals surface area contributed by atoms with E-state index in [0.29, 0.717) is 6.42 Å². The fourth-order valence-corrected chi connectivity index (χ4v) is 2.20. The molecule has 0 fully saturated rings. The molecule has 0 aliphatic carbocycles. The number of hydrogen-bond donors (Lipinski definition) is 2. The van der Waals surface area contributed by atoms with Gasteiger partial charge in [0.25, 0.3) is 0 Å². The van der Waals surface area contributed by atoms with Crippen LogP contribution in [0.25, 0.3) is 0 Å². The van der Waals surface area contributed by atoms with Gasteiger partial charge in [0.2, 0.25) is 0 Å². The zero-order chi connectivity index (χ0) is 10.3. The van der Waals surface area contributed by atoms with Crippen LogP contribution in [0.15, 0.2) is 0 Å². The first kappa shape index (κ1) is 13.0. The van der Waals surface area contributed by atoms with Crippen molar-refractivity contribution in [1.82, 2.24) is 4.33 Å². The van der Waals surface area contributed by atoms with Crippen molar-refractivity contribution in [3.8, 4) is 0 Å². The average molecular weight is 270 g/mol. The van der Waals surface area contributed by atoms with Gasteiger partial charge >= 0.3 is 88.0 Å². The number of rotatable bonds is 7. The van der Waals surface area contributed by atoms with Gasteiger partial charge in [-0.2, -0.15) is 0 Å². The third-order valence-electron chi connectivity index (χ3n) is 1.25. The summed E-state index contributed by atoms with van der Waals surface area (Å²) in [6.07, 6.45) is 2.49. The number of carbonyl (C=O) groups excluding carboxylic acids is 1. The average Bonchev–Trinajstić information content (AvgIpc) is 2.03. The van der Waals surface area contributed by atoms with Crippen molar-refractivity contribution in [2.75, 3.05) is 12.0 Å². The summed E-state index contributed by atoms with van der Waals surface area (Å²) in [5.74, 6) is -0.0880. The van der Waals surface area contributed by atoms with E-state index in [1.807, 2.05) is 6.26 Å². The van der Waals surface area contributed by atoms with Crippen molar-refractivity contribution >= 4 is 37.6 Å². The van der Waals surface area contributed by atoms with E-state index in [1.54, 1.807) is 11.8 Å². The van der Waals surface area contributed by atoms with E-state index in [1.165, 1.54) is 6.92 Å². The Morgan fingerprint density at radius 1 is 1.62 bits per heavy atom. The molecule has 0 rings (SSSR count). The van der Waals surface area contributed by atoms with Gasteiger partial charge in [-0.3, -0.25) is 0 Å². The van der Waals surface area contributed by atoms with Gasteiger partial charge in [0.05, 0.1) is 0 Å². The standard InChI is InChI=1S/C7H13NO3SSe/c1-5(9)13-8-6(7(10)11)3-4-12-2/h6,8H,3-4H2,1-2H3,(H,10,11)/t6-/m0/s1. The fourth-order valence-electron chi connectivity index (χ4n) is 0.623. The van der Waals surface area contributed by atoms with Crippen LogP contribution < -0.4 is 4.33 Å². The number of nitrogens with one attached hydrogen (secondary N) is 1. The van der Waals surface area contributed by atoms with Crippen LogP contribution >= 0.6 is 11.8 Å². The summed E-state index contributed by atoms with van der Waals surface area (Å²) in [6.45, 7) is 1.46. The van der Waals surface area contributed by atoms with Gasteiger partial charge in [-0.15, -0.1) is 0 Å². The normalized spacial score (nSPS) is 12.5. The summed E-state index contributed by atoms with van der Waals surface area (Å²) in [6, 6.07) is -0.573. The fraction of sp³-hybridized carbons (Fsp3) is 0.714. The summed E-state index contributed by atoms with van der Waals surface area (Å²) in [7, 11) is 0. The molecule has 0 amide bonds. The van der Waals surface area contributed by atoms with E-state index in [4.69, 9.17) is 5.11 Å². The molecule has 0 unspecified atom stereocenters. The predicted octanol–water partition coefficient (Wildman–Crippen LogP) is -0.0520. The topological polar surface area (TPSA) is 66.4 Å². The molecule has 1 atom stereocenters. The molecule has 0 aliphatic rings. The molecule has 0 aromatic rings. The summed E-state index contributed by atoms with van der Waals surface area (Å²) in [5.41, 5.74) is 0. The van der Waals surface area contributed by atoms with Gasteiger partial charge in [-0.1, -0.05) is 0 Å². The van der Waals surface area contributed by atoms with Crippen LogP contribution in [-0.4, -0.2) is 49.0 Å². The second-order valence-corrected chi connectivity index (χ2v) is 5.50. The molecule has 6 heteroatoms. The summed E-state index contributed by atoms with van der Waals surface area (Å²) in [5, 5.41) is 8.74. The van der Waals surface area contributed by atoms with Gasteiger partial charge in [0.1, 0.15) is 0 Å². The van der Waals surface area contributed by atoms with E-state index in [0.717, 1.165) is 5.75 Å². The molecule has 0 aliphatic heterocycles. The SMILES string of the molecule is CSCC[C@H](N[Se]C(C)=O)C(=O)O. The van der Waals surface area contributed by atoms with Gasteiger partial charge in [-0.05, 0) is 0 Å². The number of carbonyl (C=O) groups is 2. The second kappa shape index (κ2) is 7.38. The van der Waals surface area contributed by atoms with Crippen LogP contribution in [0, 0.1) is 0 Å². The summed E-state index contributed by atoms with van der Waals surface area (Å²) >= 11 is 1.20. The van der Waals surface area contributed by atoms with E-state index in [9.17, 15) is 9.59 Å². The molecule has 4 nitrogen and oxygen atoms in total. The third-order valence-corrected chi connectivity index (χ3v) is 3.34. The van der Waals surface area contributed by atoms with Crippen LogP contribution in [0.5, 0.6) is 0 Å². The number of thioether (sulfide) groups is 1. The van der Waals surface area contributed by atoms with E-state index in [2.05, 4.69) is 4.33 Å². The molecular formula is C7H13NO3SSe. The van der Waals surface area contributed by atoms with Gasteiger partial charge in [0, 0.05) is 0 Å². The molecule has 76 valence electrons. The van der Waals surface area contributed by atoms with Crippen molar-refractivity contribution in [1.29, 1.82) is 0 Å². The van der Waals surface area contributed by atoms with Crippen LogP contribution in [0.4, 0.5) is 0 Å². The van der Waals surface area contributed by atoms with Crippen molar-refractivity contribution < 1.29 is 14.7 Å². The Bertz CT molecular complexity index is 189. The maximum absolute atomic E-state index is 10.6. The predicted molar refractivity (Wildman–Crippen MR) is 54.0 cm³/mol. The van der Waals surface area contributed by atoms with Crippen LogP contribution in [0.1, 0.15) is 13.3 Å². The number of carboxylic acid groups (broad SMARTS) is 1. The quantitative estimate of drug-likeness (QED) is 0.635. The number of hydrogen-bond acceptors (Lipinski definition) is 4. The first-order valence-electron chi connectivity index (χ1n) is 3.72. The molecule has 0 aromatic carbocycles. The Balaban J connectivity index is 3.80. The summed E-state index contributed by atoms with van der Waals surface area (Å²) in [4.78, 5) is 21.3. The van der Waals surface area contributed by atoms with Crippen LogP contribution in [0.3, 0.4) is 0 Å². The Kier molecular flexibility index (Phi) is 7.36. The molecule has 0 saturated heterocycles. The van der Waals surface area contributed by atoms with Gasteiger partial charge in [-0.25, -0.2) is 0 Å². The molecule has 0 heterocycles. The van der Waals surface area contributed by atoms with Crippen molar-refractivity contribution in [2.45, 2.75) is 19.4 Å². The minimum atomic E-state index is -0.878. The van der Waals surface area contributed by atoms with Gasteiger partial charge < -0.3 is 0 Å². The van der Waals surface area contributed by atoms with E-state index in [-0.39, 0.29) is 4.68 Å². The Hall–Kier alpha value is -0.0305. The molecule has 0 spiro atoms. The Morgan fingerprint density at radius 2 is 2.23 bits per heavy atom. The van der Waals surface area contributed by atoms with E-state index >= 15 is 0 Å². The summed E-state index contributed by atoms with van der Waals surface area (Å²) < 4.78 is 2.77. The van der Waals surface area contributed by atoms with Crippen molar-refractivity contribution in [3.63, 3.8) is 0 Å². The first-order chi connectivity index (χ1) is 6.07. The third kappa shape index (κ3) is 7.07. The van der Waals surface area contributed by atoms with Crippen molar-refractivity contribution in [3.05, 3.63) is 0 Å². The zero-order valence-electron chi connectivity index (χ0n) is 7.57. The molecule has 0 aromatic heterocycles. The number of aliphatic carboxylic acids is 1. The van der Waals surface area contributed by atoms with Crippen LogP contribution in [0.2, 0.25) is 0 Å². The molecule has 0 bridgehead atoms. The van der Waals surface area contributed by atoms with E-state index < -0.39 is 27.2 Å². The molecule has 0 saturated carbocycles. The monoisotopic (exact) mass is 271 g/mol. The zero-order valence-corrected chi connectivity index (χ0v) is 10.1. The minimum absolute atomic E-state index is 0.0166. The maximum atomic E-state index is 10.6. The molecular weight excluding hydrogens is 257 g/mol. The van der Waals surface area contributed by atoms with Gasteiger partial charge in [0.15, 0.2) is 0 Å². The van der Waals surface area contributed by atoms with Crippen molar-refractivity contribution in [2.24, 2.45) is 0 Å². The Morgan fingerprint density at radius 3 is 2.62 bits per heavy atom. The second-order valence-electron chi connectivity index (χ2n) is 2.38. The first-order valence-corrected chi connectivity index (χ1v) is 6.83.